The number of aryl methyl sites for hydroxylation is 1. The summed E-state index contributed by atoms with van der Waals surface area (Å²) < 4.78 is 1.42. The van der Waals surface area contributed by atoms with Crippen molar-refractivity contribution in [1.82, 2.24) is 19.2 Å². The molecule has 1 saturated heterocycles. The molecule has 28 heavy (non-hydrogen) atoms. The molecule has 0 aliphatic carbocycles. The van der Waals surface area contributed by atoms with Crippen molar-refractivity contribution >= 4 is 11.6 Å². The lowest BCUT2D eigenvalue weighted by Gasteiger charge is -2.25. The van der Waals surface area contributed by atoms with Crippen LogP contribution in [0, 0.1) is 6.92 Å². The molecule has 6 heteroatoms. The summed E-state index contributed by atoms with van der Waals surface area (Å²) in [7, 11) is 4.07. The van der Waals surface area contributed by atoms with E-state index < -0.39 is 0 Å². The van der Waals surface area contributed by atoms with Crippen molar-refractivity contribution in [1.29, 1.82) is 0 Å². The lowest BCUT2D eigenvalue weighted by molar-refractivity contribution is 0.0780. The van der Waals surface area contributed by atoms with Crippen LogP contribution in [0.1, 0.15) is 27.4 Å². The summed E-state index contributed by atoms with van der Waals surface area (Å²) in [5.74, 6) is -0.0482. The molecule has 3 heterocycles. The first-order valence-corrected chi connectivity index (χ1v) is 9.44. The average molecular weight is 376 g/mol. The second-order valence-corrected chi connectivity index (χ2v) is 7.66. The molecule has 2 atom stereocenters. The number of carbonyl (C=O) groups excluding carboxylic acids is 1. The maximum atomic E-state index is 13.2. The second kappa shape index (κ2) is 7.20. The molecule has 1 amide bonds. The van der Waals surface area contributed by atoms with Crippen molar-refractivity contribution in [2.75, 3.05) is 27.2 Å². The van der Waals surface area contributed by atoms with Crippen molar-refractivity contribution in [2.24, 2.45) is 0 Å². The highest BCUT2D eigenvalue weighted by Crippen LogP contribution is 2.31. The third-order valence-electron chi connectivity index (χ3n) is 5.59. The van der Waals surface area contributed by atoms with Crippen LogP contribution in [-0.4, -0.2) is 58.3 Å². The van der Waals surface area contributed by atoms with Crippen molar-refractivity contribution in [3.05, 3.63) is 81.9 Å². The quantitative estimate of drug-likeness (QED) is 0.703. The van der Waals surface area contributed by atoms with Crippen molar-refractivity contribution in [3.8, 4) is 0 Å². The molecule has 2 aromatic heterocycles. The second-order valence-electron chi connectivity index (χ2n) is 7.66. The highest BCUT2D eigenvalue weighted by Gasteiger charge is 2.38. The molecule has 0 N–H and O–H groups in total. The highest BCUT2D eigenvalue weighted by atomic mass is 16.2. The highest BCUT2D eigenvalue weighted by molar-refractivity contribution is 5.94. The fraction of sp³-hybridized carbons (Fsp3) is 0.318. The summed E-state index contributed by atoms with van der Waals surface area (Å²) in [6, 6.07) is 14.0. The van der Waals surface area contributed by atoms with Crippen molar-refractivity contribution in [2.45, 2.75) is 18.9 Å². The fourth-order valence-corrected chi connectivity index (χ4v) is 3.96. The van der Waals surface area contributed by atoms with Crippen LogP contribution in [0.5, 0.6) is 0 Å². The van der Waals surface area contributed by atoms with Gasteiger partial charge in [0.15, 0.2) is 0 Å². The van der Waals surface area contributed by atoms with Gasteiger partial charge in [-0.3, -0.25) is 14.0 Å². The van der Waals surface area contributed by atoms with Gasteiger partial charge in [0.2, 0.25) is 0 Å². The molecule has 6 nitrogen and oxygen atoms in total. The predicted octanol–water partition coefficient (Wildman–Crippen LogP) is 2.17. The third kappa shape index (κ3) is 3.20. The topological polar surface area (TPSA) is 57.9 Å². The lowest BCUT2D eigenvalue weighted by Crippen LogP contribution is -2.37. The monoisotopic (exact) mass is 376 g/mol. The van der Waals surface area contributed by atoms with E-state index >= 15 is 0 Å². The normalized spacial score (nSPS) is 19.5. The molecule has 0 saturated carbocycles. The van der Waals surface area contributed by atoms with E-state index in [2.05, 4.69) is 41.1 Å². The number of benzene rings is 1. The van der Waals surface area contributed by atoms with Crippen LogP contribution < -0.4 is 5.56 Å². The van der Waals surface area contributed by atoms with Crippen LogP contribution in [-0.2, 0) is 0 Å². The number of aromatic nitrogens is 2. The molecule has 0 radical (unpaired) electrons. The molecular formula is C22H24N4O2. The van der Waals surface area contributed by atoms with Crippen LogP contribution in [0.3, 0.4) is 0 Å². The fourth-order valence-electron chi connectivity index (χ4n) is 3.96. The Morgan fingerprint density at radius 2 is 1.86 bits per heavy atom. The van der Waals surface area contributed by atoms with Gasteiger partial charge < -0.3 is 9.80 Å². The zero-order chi connectivity index (χ0) is 19.8. The van der Waals surface area contributed by atoms with Gasteiger partial charge in [0.05, 0.1) is 0 Å². The first-order valence-electron chi connectivity index (χ1n) is 9.44. The molecule has 0 spiro atoms. The minimum absolute atomic E-state index is 0.116. The largest absolute Gasteiger partial charge is 0.336 e. The first kappa shape index (κ1) is 18.4. The van der Waals surface area contributed by atoms with Gasteiger partial charge in [-0.2, -0.15) is 0 Å². The smallest absolute Gasteiger partial charge is 0.270 e. The van der Waals surface area contributed by atoms with Gasteiger partial charge in [0.1, 0.15) is 11.2 Å². The zero-order valence-corrected chi connectivity index (χ0v) is 16.4. The van der Waals surface area contributed by atoms with Gasteiger partial charge in [0.25, 0.3) is 11.5 Å². The van der Waals surface area contributed by atoms with Crippen LogP contribution in [0.25, 0.3) is 5.65 Å². The maximum Gasteiger partial charge on any atom is 0.270 e. The number of fused-ring (bicyclic) bond motifs is 1. The number of pyridine rings is 1. The molecule has 2 unspecified atom stereocenters. The molecular weight excluding hydrogens is 352 g/mol. The van der Waals surface area contributed by atoms with E-state index in [1.165, 1.54) is 21.7 Å². The summed E-state index contributed by atoms with van der Waals surface area (Å²) in [5, 5.41) is 0. The van der Waals surface area contributed by atoms with E-state index in [1.54, 1.807) is 23.2 Å². The lowest BCUT2D eigenvalue weighted by atomic mass is 9.93. The number of hydrogen-bond acceptors (Lipinski definition) is 4. The van der Waals surface area contributed by atoms with Gasteiger partial charge in [0, 0.05) is 37.4 Å². The number of amides is 1. The Hall–Kier alpha value is -2.99. The summed E-state index contributed by atoms with van der Waals surface area (Å²) in [6.45, 7) is 3.24. The summed E-state index contributed by atoms with van der Waals surface area (Å²) in [6.07, 6.45) is 3.05. The van der Waals surface area contributed by atoms with E-state index in [9.17, 15) is 9.59 Å². The van der Waals surface area contributed by atoms with Crippen molar-refractivity contribution < 1.29 is 4.79 Å². The number of nitrogens with zero attached hydrogens (tertiary/aromatic N) is 4. The minimum atomic E-state index is -0.323. The number of carbonyl (C=O) groups is 1. The predicted molar refractivity (Wildman–Crippen MR) is 109 cm³/mol. The van der Waals surface area contributed by atoms with Gasteiger partial charge in [-0.1, -0.05) is 35.9 Å². The van der Waals surface area contributed by atoms with E-state index in [0.29, 0.717) is 18.7 Å². The number of rotatable bonds is 3. The first-order chi connectivity index (χ1) is 13.5. The molecule has 4 rings (SSSR count). The Kier molecular flexibility index (Phi) is 4.73. The van der Waals surface area contributed by atoms with Crippen molar-refractivity contribution in [3.63, 3.8) is 0 Å². The van der Waals surface area contributed by atoms with Gasteiger partial charge >= 0.3 is 0 Å². The molecule has 1 aliphatic rings. The molecule has 144 valence electrons. The zero-order valence-electron chi connectivity index (χ0n) is 16.4. The van der Waals surface area contributed by atoms with Crippen LogP contribution in [0.4, 0.5) is 0 Å². The molecule has 1 aromatic carbocycles. The van der Waals surface area contributed by atoms with E-state index in [1.807, 2.05) is 20.2 Å². The van der Waals surface area contributed by atoms with Crippen LogP contribution in [0.2, 0.25) is 0 Å². The molecule has 3 aromatic rings. The van der Waals surface area contributed by atoms with E-state index in [4.69, 9.17) is 0 Å². The van der Waals surface area contributed by atoms with E-state index in [-0.39, 0.29) is 29.0 Å². The van der Waals surface area contributed by atoms with E-state index in [0.717, 1.165) is 0 Å². The SMILES string of the molecule is Cc1ccc(C2CN(C(=O)c3cnc4ccccn4c3=O)CC2N(C)C)cc1. The van der Waals surface area contributed by atoms with Gasteiger partial charge in [-0.15, -0.1) is 0 Å². The Morgan fingerprint density at radius 1 is 1.11 bits per heavy atom. The summed E-state index contributed by atoms with van der Waals surface area (Å²) >= 11 is 0. The number of likely N-dealkylation sites (tertiary alicyclic amines) is 1. The maximum absolute atomic E-state index is 13.2. The number of hydrogen-bond donors (Lipinski definition) is 0. The Balaban J connectivity index is 1.66. The Morgan fingerprint density at radius 3 is 2.57 bits per heavy atom. The van der Waals surface area contributed by atoms with Gasteiger partial charge in [-0.25, -0.2) is 4.98 Å². The number of likely N-dealkylation sites (N-methyl/N-ethyl adjacent to an activating group) is 1. The molecule has 1 fully saturated rings. The Labute approximate surface area is 164 Å². The minimum Gasteiger partial charge on any atom is -0.336 e. The molecule has 0 bridgehead atoms. The Bertz CT molecular complexity index is 1070. The van der Waals surface area contributed by atoms with Crippen LogP contribution >= 0.6 is 0 Å². The standard InChI is InChI=1S/C22H24N4O2/c1-15-7-9-16(10-8-15)18-13-25(14-19(18)24(2)3)21(27)17-12-23-20-6-4-5-11-26(20)22(17)28/h4-12,18-19H,13-14H2,1-3H3. The van der Waals surface area contributed by atoms with Crippen LogP contribution in [0.15, 0.2) is 59.7 Å². The summed E-state index contributed by atoms with van der Waals surface area (Å²) in [5.41, 5.74) is 2.76. The average Bonchev–Trinajstić information content (AvgIpc) is 3.14. The third-order valence-corrected chi connectivity index (χ3v) is 5.59. The molecule has 1 aliphatic heterocycles. The van der Waals surface area contributed by atoms with Gasteiger partial charge in [-0.05, 0) is 38.7 Å². The summed E-state index contributed by atoms with van der Waals surface area (Å²) in [4.78, 5) is 34.2.